The van der Waals surface area contributed by atoms with Crippen LogP contribution in [0.4, 0.5) is 0 Å². The molecular formula is C22H33N5O7S. The lowest BCUT2D eigenvalue weighted by atomic mass is 10.0. The monoisotopic (exact) mass is 511 g/mol. The van der Waals surface area contributed by atoms with Crippen LogP contribution in [-0.4, -0.2) is 69.7 Å². The lowest BCUT2D eigenvalue weighted by Gasteiger charge is -2.25. The molecule has 4 atom stereocenters. The van der Waals surface area contributed by atoms with Crippen LogP contribution in [0, 0.1) is 5.92 Å². The van der Waals surface area contributed by atoms with Crippen LogP contribution in [0.2, 0.25) is 0 Å². The number of phenols is 1. The molecule has 194 valence electrons. The zero-order chi connectivity index (χ0) is 26.7. The van der Waals surface area contributed by atoms with E-state index in [1.807, 2.05) is 0 Å². The van der Waals surface area contributed by atoms with Crippen LogP contribution >= 0.6 is 12.6 Å². The molecule has 1 aromatic carbocycles. The summed E-state index contributed by atoms with van der Waals surface area (Å²) in [6.45, 7) is 3.59. The summed E-state index contributed by atoms with van der Waals surface area (Å²) in [6, 6.07) is 0.887. The maximum absolute atomic E-state index is 13.0. The number of rotatable bonds is 14. The number of hydrogen-bond acceptors (Lipinski definition) is 8. The minimum absolute atomic E-state index is 0.00794. The normalized spacial score (nSPS) is 14.3. The summed E-state index contributed by atoms with van der Waals surface area (Å²) in [5, 5.41) is 26.2. The van der Waals surface area contributed by atoms with Crippen molar-refractivity contribution in [2.75, 3.05) is 5.75 Å². The number of thiol groups is 1. The van der Waals surface area contributed by atoms with E-state index < -0.39 is 60.2 Å². The summed E-state index contributed by atoms with van der Waals surface area (Å²) in [5.74, 6) is -4.60. The molecule has 0 saturated carbocycles. The van der Waals surface area contributed by atoms with Gasteiger partial charge in [0, 0.05) is 12.2 Å². The van der Waals surface area contributed by atoms with E-state index in [1.54, 1.807) is 13.8 Å². The Hall–Kier alpha value is -3.32. The first-order valence-electron chi connectivity index (χ1n) is 10.9. The van der Waals surface area contributed by atoms with Crippen LogP contribution in [-0.2, 0) is 30.4 Å². The SMILES string of the molecule is CC(C)CC(NC(=O)C(Cc1ccc(O)cc1)NC(=O)C(CC(N)=O)NC(=O)C(N)CS)C(=O)O. The predicted molar refractivity (Wildman–Crippen MR) is 130 cm³/mol. The van der Waals surface area contributed by atoms with E-state index in [4.69, 9.17) is 11.5 Å². The highest BCUT2D eigenvalue weighted by molar-refractivity contribution is 7.80. The molecule has 12 nitrogen and oxygen atoms in total. The number of nitrogens with two attached hydrogens (primary N) is 2. The second kappa shape index (κ2) is 14.2. The Morgan fingerprint density at radius 1 is 0.914 bits per heavy atom. The minimum atomic E-state index is -1.42. The zero-order valence-corrected chi connectivity index (χ0v) is 20.5. The number of benzene rings is 1. The first-order chi connectivity index (χ1) is 16.3. The number of amides is 4. The van der Waals surface area contributed by atoms with Gasteiger partial charge in [0.05, 0.1) is 12.5 Å². The number of carboxylic acids is 1. The van der Waals surface area contributed by atoms with Crippen molar-refractivity contribution in [3.05, 3.63) is 29.8 Å². The molecule has 0 fully saturated rings. The molecule has 4 unspecified atom stereocenters. The van der Waals surface area contributed by atoms with Gasteiger partial charge in [0.15, 0.2) is 0 Å². The fourth-order valence-corrected chi connectivity index (χ4v) is 3.25. The van der Waals surface area contributed by atoms with Gasteiger partial charge in [0.2, 0.25) is 23.6 Å². The van der Waals surface area contributed by atoms with Crippen LogP contribution in [0.3, 0.4) is 0 Å². The Balaban J connectivity index is 3.16. The average Bonchev–Trinajstić information content (AvgIpc) is 2.77. The highest BCUT2D eigenvalue weighted by atomic mass is 32.1. The van der Waals surface area contributed by atoms with Crippen molar-refractivity contribution in [3.8, 4) is 5.75 Å². The molecule has 0 spiro atoms. The summed E-state index contributed by atoms with van der Waals surface area (Å²) in [4.78, 5) is 61.2. The number of nitrogens with one attached hydrogen (secondary N) is 3. The molecule has 0 bridgehead atoms. The number of hydrogen-bond donors (Lipinski definition) is 8. The van der Waals surface area contributed by atoms with Crippen molar-refractivity contribution in [2.45, 2.75) is 57.3 Å². The van der Waals surface area contributed by atoms with Crippen LogP contribution in [0.1, 0.15) is 32.3 Å². The van der Waals surface area contributed by atoms with Gasteiger partial charge in [-0.3, -0.25) is 19.2 Å². The lowest BCUT2D eigenvalue weighted by Crippen LogP contribution is -2.58. The van der Waals surface area contributed by atoms with Gasteiger partial charge in [-0.05, 0) is 30.0 Å². The Bertz CT molecular complexity index is 910. The van der Waals surface area contributed by atoms with Crippen molar-refractivity contribution < 1.29 is 34.2 Å². The van der Waals surface area contributed by atoms with E-state index in [2.05, 4.69) is 28.6 Å². The molecule has 1 rings (SSSR count). The first kappa shape index (κ1) is 29.7. The van der Waals surface area contributed by atoms with E-state index >= 15 is 0 Å². The zero-order valence-electron chi connectivity index (χ0n) is 19.6. The highest BCUT2D eigenvalue weighted by Crippen LogP contribution is 2.13. The summed E-state index contributed by atoms with van der Waals surface area (Å²) in [6.07, 6.45) is -0.475. The molecule has 0 aliphatic heterocycles. The van der Waals surface area contributed by atoms with Crippen molar-refractivity contribution >= 4 is 42.2 Å². The van der Waals surface area contributed by atoms with Gasteiger partial charge in [-0.1, -0.05) is 26.0 Å². The first-order valence-corrected chi connectivity index (χ1v) is 11.5. The fourth-order valence-electron chi connectivity index (χ4n) is 3.09. The molecular weight excluding hydrogens is 478 g/mol. The summed E-state index contributed by atoms with van der Waals surface area (Å²) in [7, 11) is 0. The van der Waals surface area contributed by atoms with E-state index in [0.717, 1.165) is 0 Å². The molecule has 0 radical (unpaired) electrons. The average molecular weight is 512 g/mol. The number of aromatic hydroxyl groups is 1. The summed E-state index contributed by atoms with van der Waals surface area (Å²) >= 11 is 3.92. The molecule has 1 aromatic rings. The second-order valence-corrected chi connectivity index (χ2v) is 8.85. The Labute approximate surface area is 208 Å². The quantitative estimate of drug-likeness (QED) is 0.139. The molecule has 35 heavy (non-hydrogen) atoms. The van der Waals surface area contributed by atoms with Crippen LogP contribution < -0.4 is 27.4 Å². The molecule has 0 saturated heterocycles. The third-order valence-electron chi connectivity index (χ3n) is 4.90. The van der Waals surface area contributed by atoms with Crippen molar-refractivity contribution in [3.63, 3.8) is 0 Å². The van der Waals surface area contributed by atoms with Crippen LogP contribution in [0.15, 0.2) is 24.3 Å². The van der Waals surface area contributed by atoms with Gasteiger partial charge in [-0.25, -0.2) is 4.79 Å². The number of aliphatic carboxylic acids is 1. The highest BCUT2D eigenvalue weighted by Gasteiger charge is 2.31. The molecule has 0 aromatic heterocycles. The third kappa shape index (κ3) is 10.6. The van der Waals surface area contributed by atoms with E-state index in [1.165, 1.54) is 24.3 Å². The number of primary amides is 1. The van der Waals surface area contributed by atoms with Crippen molar-refractivity contribution in [2.24, 2.45) is 17.4 Å². The molecule has 0 aliphatic carbocycles. The fraction of sp³-hybridized carbons (Fsp3) is 0.500. The Morgan fingerprint density at radius 2 is 1.43 bits per heavy atom. The van der Waals surface area contributed by atoms with Crippen LogP contribution in [0.25, 0.3) is 0 Å². The van der Waals surface area contributed by atoms with E-state index in [9.17, 15) is 34.2 Å². The van der Waals surface area contributed by atoms with E-state index in [0.29, 0.717) is 5.56 Å². The Kier molecular flexibility index (Phi) is 12.0. The number of carboxylic acid groups (broad SMARTS) is 1. The smallest absolute Gasteiger partial charge is 0.326 e. The largest absolute Gasteiger partial charge is 0.508 e. The third-order valence-corrected chi connectivity index (χ3v) is 5.30. The van der Waals surface area contributed by atoms with Gasteiger partial charge in [-0.15, -0.1) is 0 Å². The summed E-state index contributed by atoms with van der Waals surface area (Å²) in [5.41, 5.74) is 11.4. The predicted octanol–water partition coefficient (Wildman–Crippen LogP) is -1.35. The molecule has 0 aliphatic rings. The number of phenolic OH excluding ortho intramolecular Hbond substituents is 1. The second-order valence-electron chi connectivity index (χ2n) is 8.48. The number of carbonyl (C=O) groups is 5. The van der Waals surface area contributed by atoms with Gasteiger partial charge in [0.25, 0.3) is 0 Å². The molecule has 9 N–H and O–H groups in total. The van der Waals surface area contributed by atoms with Gasteiger partial charge < -0.3 is 37.6 Å². The minimum Gasteiger partial charge on any atom is -0.508 e. The summed E-state index contributed by atoms with van der Waals surface area (Å²) < 4.78 is 0. The molecule has 13 heteroatoms. The lowest BCUT2D eigenvalue weighted by molar-refractivity contribution is -0.143. The Morgan fingerprint density at radius 3 is 1.91 bits per heavy atom. The van der Waals surface area contributed by atoms with E-state index in [-0.39, 0.29) is 30.3 Å². The standard InChI is InChI=1S/C22H33N5O7S/c1-11(2)7-17(22(33)34)27-20(31)15(8-12-3-5-13(28)6-4-12)26-21(32)16(9-18(24)29)25-19(30)14(23)10-35/h3-6,11,14-17,28,35H,7-10,23H2,1-2H3,(H2,24,29)(H,25,30)(H,26,32)(H,27,31)(H,33,34). The molecule has 4 amide bonds. The van der Waals surface area contributed by atoms with Gasteiger partial charge >= 0.3 is 5.97 Å². The maximum Gasteiger partial charge on any atom is 0.326 e. The topological polar surface area (TPSA) is 214 Å². The van der Waals surface area contributed by atoms with Crippen LogP contribution in [0.5, 0.6) is 5.75 Å². The van der Waals surface area contributed by atoms with Gasteiger partial charge in [0.1, 0.15) is 23.9 Å². The van der Waals surface area contributed by atoms with Crippen molar-refractivity contribution in [1.82, 2.24) is 16.0 Å². The number of carbonyl (C=O) groups excluding carboxylic acids is 4. The molecule has 0 heterocycles. The van der Waals surface area contributed by atoms with Crippen molar-refractivity contribution in [1.29, 1.82) is 0 Å². The maximum atomic E-state index is 13.0. The van der Waals surface area contributed by atoms with Gasteiger partial charge in [-0.2, -0.15) is 12.6 Å².